The molecule has 0 aromatic heterocycles. The Balaban J connectivity index is 2.72. The topological polar surface area (TPSA) is 43.1 Å². The number of carbonyl (C=O) groups is 1. The molecule has 2 nitrogen and oxygen atoms in total. The number of nitrogens with two attached hydrogens (primary N) is 1. The van der Waals surface area contributed by atoms with Crippen molar-refractivity contribution in [2.75, 3.05) is 5.73 Å². The molecule has 0 radical (unpaired) electrons. The van der Waals surface area contributed by atoms with Crippen LogP contribution >= 0.6 is 11.6 Å². The van der Waals surface area contributed by atoms with Crippen molar-refractivity contribution in [3.05, 3.63) is 28.8 Å². The molecule has 1 aromatic rings. The number of anilines is 1. The summed E-state index contributed by atoms with van der Waals surface area (Å²) >= 11 is 5.86. The predicted octanol–water partition coefficient (Wildman–Crippen LogP) is 3.93. The van der Waals surface area contributed by atoms with E-state index in [1.54, 1.807) is 18.2 Å². The molecule has 0 aliphatic rings. The number of benzene rings is 1. The fourth-order valence-corrected chi connectivity index (χ4v) is 2.05. The monoisotopic (exact) mass is 239 g/mol. The van der Waals surface area contributed by atoms with Crippen molar-refractivity contribution >= 4 is 23.1 Å². The van der Waals surface area contributed by atoms with Crippen LogP contribution in [0.2, 0.25) is 5.02 Å². The molecule has 0 amide bonds. The summed E-state index contributed by atoms with van der Waals surface area (Å²) < 4.78 is 0. The summed E-state index contributed by atoms with van der Waals surface area (Å²) in [5, 5.41) is 0.520. The number of halogens is 1. The van der Waals surface area contributed by atoms with Gasteiger partial charge in [0.2, 0.25) is 0 Å². The van der Waals surface area contributed by atoms with E-state index in [2.05, 4.69) is 13.8 Å². The molecule has 16 heavy (non-hydrogen) atoms. The van der Waals surface area contributed by atoms with E-state index < -0.39 is 0 Å². The van der Waals surface area contributed by atoms with Gasteiger partial charge >= 0.3 is 0 Å². The van der Waals surface area contributed by atoms with Gasteiger partial charge in [-0.1, -0.05) is 38.3 Å². The van der Waals surface area contributed by atoms with E-state index in [0.717, 1.165) is 12.8 Å². The maximum Gasteiger partial charge on any atom is 0.163 e. The molecule has 1 unspecified atom stereocenters. The van der Waals surface area contributed by atoms with E-state index >= 15 is 0 Å². The van der Waals surface area contributed by atoms with Crippen molar-refractivity contribution in [2.45, 2.75) is 33.1 Å². The first-order valence-corrected chi connectivity index (χ1v) is 6.00. The summed E-state index contributed by atoms with van der Waals surface area (Å²) in [5.74, 6) is 0.535. The Morgan fingerprint density at radius 2 is 2.12 bits per heavy atom. The molecule has 2 N–H and O–H groups in total. The molecule has 0 saturated carbocycles. The third kappa shape index (κ3) is 3.86. The van der Waals surface area contributed by atoms with Crippen molar-refractivity contribution in [2.24, 2.45) is 5.92 Å². The fourth-order valence-electron chi connectivity index (χ4n) is 1.80. The minimum absolute atomic E-state index is 0.121. The zero-order valence-corrected chi connectivity index (χ0v) is 10.6. The summed E-state index contributed by atoms with van der Waals surface area (Å²) in [4.78, 5) is 11.9. The van der Waals surface area contributed by atoms with Gasteiger partial charge in [-0.25, -0.2) is 0 Å². The lowest BCUT2D eigenvalue weighted by Crippen LogP contribution is -2.06. The van der Waals surface area contributed by atoms with Crippen molar-refractivity contribution < 1.29 is 4.79 Å². The van der Waals surface area contributed by atoms with Gasteiger partial charge in [0.15, 0.2) is 5.78 Å². The van der Waals surface area contributed by atoms with Gasteiger partial charge in [0, 0.05) is 22.7 Å². The maximum atomic E-state index is 11.9. The lowest BCUT2D eigenvalue weighted by Gasteiger charge is -2.09. The van der Waals surface area contributed by atoms with Crippen LogP contribution in [0, 0.1) is 5.92 Å². The highest BCUT2D eigenvalue weighted by molar-refractivity contribution is 6.31. The largest absolute Gasteiger partial charge is 0.399 e. The van der Waals surface area contributed by atoms with Gasteiger partial charge in [-0.15, -0.1) is 0 Å². The highest BCUT2D eigenvalue weighted by atomic mass is 35.5. The predicted molar refractivity (Wildman–Crippen MR) is 68.9 cm³/mol. The summed E-state index contributed by atoms with van der Waals surface area (Å²) in [7, 11) is 0. The first kappa shape index (κ1) is 13.0. The van der Waals surface area contributed by atoms with Crippen molar-refractivity contribution in [1.29, 1.82) is 0 Å². The Morgan fingerprint density at radius 1 is 1.44 bits per heavy atom. The third-order valence-corrected chi connectivity index (χ3v) is 2.78. The minimum atomic E-state index is 0.121. The molecule has 88 valence electrons. The molecular formula is C13H18ClNO. The highest BCUT2D eigenvalue weighted by Crippen LogP contribution is 2.20. The van der Waals surface area contributed by atoms with E-state index in [-0.39, 0.29) is 5.78 Å². The van der Waals surface area contributed by atoms with E-state index in [1.165, 1.54) is 0 Å². The Bertz CT molecular complexity index is 356. The van der Waals surface area contributed by atoms with E-state index in [0.29, 0.717) is 28.6 Å². The normalized spacial score (nSPS) is 12.4. The first-order valence-electron chi connectivity index (χ1n) is 5.62. The van der Waals surface area contributed by atoms with Crippen LogP contribution in [0.1, 0.15) is 43.5 Å². The average Bonchev–Trinajstić information content (AvgIpc) is 2.16. The first-order chi connectivity index (χ1) is 7.52. The summed E-state index contributed by atoms with van der Waals surface area (Å²) in [5.41, 5.74) is 6.81. The van der Waals surface area contributed by atoms with Crippen LogP contribution in [-0.2, 0) is 0 Å². The van der Waals surface area contributed by atoms with Gasteiger partial charge in [-0.05, 0) is 24.1 Å². The molecule has 3 heteroatoms. The number of hydrogen-bond acceptors (Lipinski definition) is 2. The number of rotatable bonds is 5. The second kappa shape index (κ2) is 5.90. The van der Waals surface area contributed by atoms with Gasteiger partial charge in [-0.3, -0.25) is 4.79 Å². The van der Waals surface area contributed by atoms with Gasteiger partial charge in [0.1, 0.15) is 0 Å². The molecule has 0 saturated heterocycles. The molecule has 1 aromatic carbocycles. The van der Waals surface area contributed by atoms with Gasteiger partial charge < -0.3 is 5.73 Å². The molecular weight excluding hydrogens is 222 g/mol. The van der Waals surface area contributed by atoms with Crippen LogP contribution < -0.4 is 5.73 Å². The number of nitrogen functional groups attached to an aromatic ring is 1. The van der Waals surface area contributed by atoms with Crippen LogP contribution in [0.5, 0.6) is 0 Å². The summed E-state index contributed by atoms with van der Waals surface area (Å²) in [6, 6.07) is 5.01. The number of Topliss-reactive ketones (excluding diaryl/α,β-unsaturated/α-hetero) is 1. The molecule has 0 spiro atoms. The van der Waals surface area contributed by atoms with Crippen LogP contribution in [0.3, 0.4) is 0 Å². The Labute approximate surface area is 102 Å². The Morgan fingerprint density at radius 3 is 2.69 bits per heavy atom. The third-order valence-electron chi connectivity index (χ3n) is 2.56. The van der Waals surface area contributed by atoms with Gasteiger partial charge in [-0.2, -0.15) is 0 Å². The lowest BCUT2D eigenvalue weighted by molar-refractivity contribution is 0.0962. The zero-order valence-electron chi connectivity index (χ0n) is 9.79. The van der Waals surface area contributed by atoms with Crippen molar-refractivity contribution in [3.63, 3.8) is 0 Å². The summed E-state index contributed by atoms with van der Waals surface area (Å²) in [6.45, 7) is 4.22. The molecule has 0 aliphatic carbocycles. The molecule has 0 aliphatic heterocycles. The summed E-state index contributed by atoms with van der Waals surface area (Å²) in [6.07, 6.45) is 2.74. The number of carbonyl (C=O) groups excluding carboxylic acids is 1. The Hall–Kier alpha value is -1.02. The molecule has 0 heterocycles. The van der Waals surface area contributed by atoms with Crippen LogP contribution in [0.4, 0.5) is 5.69 Å². The maximum absolute atomic E-state index is 11.9. The molecule has 0 bridgehead atoms. The van der Waals surface area contributed by atoms with E-state index in [1.807, 2.05) is 0 Å². The van der Waals surface area contributed by atoms with Gasteiger partial charge in [0.05, 0.1) is 0 Å². The smallest absolute Gasteiger partial charge is 0.163 e. The highest BCUT2D eigenvalue weighted by Gasteiger charge is 2.11. The van der Waals surface area contributed by atoms with E-state index in [4.69, 9.17) is 17.3 Å². The minimum Gasteiger partial charge on any atom is -0.399 e. The van der Waals surface area contributed by atoms with Crippen LogP contribution in [0.15, 0.2) is 18.2 Å². The van der Waals surface area contributed by atoms with Gasteiger partial charge in [0.25, 0.3) is 0 Å². The zero-order chi connectivity index (χ0) is 12.1. The standard InChI is InChI=1S/C13H18ClNO/c1-3-4-9(2)5-13(16)10-6-11(14)8-12(15)7-10/h6-9H,3-5,15H2,1-2H3. The lowest BCUT2D eigenvalue weighted by atomic mass is 9.96. The average molecular weight is 240 g/mol. The fraction of sp³-hybridized carbons (Fsp3) is 0.462. The molecule has 0 fully saturated rings. The van der Waals surface area contributed by atoms with Crippen molar-refractivity contribution in [1.82, 2.24) is 0 Å². The van der Waals surface area contributed by atoms with Crippen LogP contribution in [0.25, 0.3) is 0 Å². The second-order valence-electron chi connectivity index (χ2n) is 4.29. The number of ketones is 1. The quantitative estimate of drug-likeness (QED) is 0.625. The van der Waals surface area contributed by atoms with Crippen molar-refractivity contribution in [3.8, 4) is 0 Å². The van der Waals surface area contributed by atoms with Crippen LogP contribution in [-0.4, -0.2) is 5.78 Å². The van der Waals surface area contributed by atoms with E-state index in [9.17, 15) is 4.79 Å². The SMILES string of the molecule is CCCC(C)CC(=O)c1cc(N)cc(Cl)c1. The number of hydrogen-bond donors (Lipinski definition) is 1. The second-order valence-corrected chi connectivity index (χ2v) is 4.73. The Kier molecular flexibility index (Phi) is 4.81. The molecule has 1 atom stereocenters. The molecule has 1 rings (SSSR count).